The molecule has 1 aromatic carbocycles. The Labute approximate surface area is 163 Å². The van der Waals surface area contributed by atoms with Gasteiger partial charge in [-0.1, -0.05) is 30.3 Å². The summed E-state index contributed by atoms with van der Waals surface area (Å²) in [7, 11) is 3.71. The van der Waals surface area contributed by atoms with E-state index < -0.39 is 0 Å². The van der Waals surface area contributed by atoms with E-state index in [2.05, 4.69) is 22.8 Å². The van der Waals surface area contributed by atoms with E-state index in [1.165, 1.54) is 5.56 Å². The minimum Gasteiger partial charge on any atom is -0.384 e. The molecule has 1 heterocycles. The van der Waals surface area contributed by atoms with Crippen LogP contribution in [0.5, 0.6) is 0 Å². The third kappa shape index (κ3) is 8.38. The van der Waals surface area contributed by atoms with Crippen LogP contribution in [-0.4, -0.2) is 57.8 Å². The minimum absolute atomic E-state index is 0. The molecule has 0 aromatic heterocycles. The van der Waals surface area contributed by atoms with Crippen molar-refractivity contribution in [3.05, 3.63) is 35.9 Å². The zero-order valence-corrected chi connectivity index (χ0v) is 16.8. The molecule has 0 unspecified atom stereocenters. The zero-order chi connectivity index (χ0) is 16.5. The number of methoxy groups -OCH3 is 1. The first-order valence-corrected chi connectivity index (χ1v) is 8.32. The highest BCUT2D eigenvalue weighted by atomic mass is 35.5. The van der Waals surface area contributed by atoms with Crippen LogP contribution in [0, 0.1) is 5.41 Å². The van der Waals surface area contributed by atoms with Crippen LogP contribution < -0.4 is 10.6 Å². The molecule has 1 aromatic rings. The van der Waals surface area contributed by atoms with Crippen LogP contribution >= 0.6 is 24.8 Å². The van der Waals surface area contributed by atoms with E-state index in [0.29, 0.717) is 19.7 Å². The van der Waals surface area contributed by atoms with E-state index in [9.17, 15) is 4.79 Å². The first-order valence-electron chi connectivity index (χ1n) is 8.32. The molecule has 0 radical (unpaired) electrons. The van der Waals surface area contributed by atoms with Crippen molar-refractivity contribution in [1.82, 2.24) is 15.5 Å². The Bertz CT molecular complexity index is 477. The van der Waals surface area contributed by atoms with Crippen molar-refractivity contribution in [2.24, 2.45) is 5.41 Å². The molecule has 0 spiro atoms. The lowest BCUT2D eigenvalue weighted by Gasteiger charge is -2.37. The van der Waals surface area contributed by atoms with Gasteiger partial charge in [0.05, 0.1) is 13.2 Å². The fourth-order valence-corrected chi connectivity index (χ4v) is 3.17. The Hall–Kier alpha value is -0.850. The molecule has 1 aliphatic rings. The second kappa shape index (κ2) is 12.5. The van der Waals surface area contributed by atoms with E-state index in [4.69, 9.17) is 4.74 Å². The molecule has 25 heavy (non-hydrogen) atoms. The van der Waals surface area contributed by atoms with Crippen LogP contribution in [-0.2, 0) is 16.1 Å². The maximum Gasteiger partial charge on any atom is 0.234 e. The van der Waals surface area contributed by atoms with Gasteiger partial charge in [0, 0.05) is 25.6 Å². The summed E-state index contributed by atoms with van der Waals surface area (Å²) in [5.41, 5.74) is 1.30. The van der Waals surface area contributed by atoms with Gasteiger partial charge in [-0.15, -0.1) is 24.8 Å². The van der Waals surface area contributed by atoms with Gasteiger partial charge in [-0.25, -0.2) is 0 Å². The number of nitrogens with zero attached hydrogens (tertiary/aromatic N) is 1. The molecule has 0 bridgehead atoms. The first kappa shape index (κ1) is 24.1. The lowest BCUT2D eigenvalue weighted by Crippen LogP contribution is -2.48. The number of ether oxygens (including phenoxy) is 1. The average Bonchev–Trinajstić information content (AvgIpc) is 2.55. The summed E-state index contributed by atoms with van der Waals surface area (Å²) in [5, 5.41) is 6.47. The summed E-state index contributed by atoms with van der Waals surface area (Å²) in [5.74, 6) is 0.0810. The number of nitrogens with one attached hydrogen (secondary N) is 2. The molecule has 0 aliphatic carbocycles. The standard InChI is InChI=1S/C18H29N3O2.2ClH/c1-21(12-16-6-4-3-5-7-16)13-17(22)20-14-18(15-23-2)8-10-19-11-9-18;;/h3-7,19H,8-15H2,1-2H3,(H,20,22);2*1H. The van der Waals surface area contributed by atoms with Gasteiger partial charge in [0.15, 0.2) is 0 Å². The molecule has 144 valence electrons. The summed E-state index contributed by atoms with van der Waals surface area (Å²) in [6, 6.07) is 10.2. The summed E-state index contributed by atoms with van der Waals surface area (Å²) in [6.45, 7) is 4.58. The number of carbonyl (C=O) groups is 1. The summed E-state index contributed by atoms with van der Waals surface area (Å²) in [6.07, 6.45) is 2.09. The molecule has 5 nitrogen and oxygen atoms in total. The number of rotatable bonds is 8. The van der Waals surface area contributed by atoms with Gasteiger partial charge in [-0.2, -0.15) is 0 Å². The van der Waals surface area contributed by atoms with Crippen molar-refractivity contribution in [2.75, 3.05) is 46.9 Å². The summed E-state index contributed by atoms with van der Waals surface area (Å²) in [4.78, 5) is 14.3. The number of piperidine rings is 1. The number of amides is 1. The molecule has 0 atom stereocenters. The molecule has 2 rings (SSSR count). The predicted octanol–water partition coefficient (Wildman–Crippen LogP) is 2.09. The molecule has 1 amide bonds. The predicted molar refractivity (Wildman–Crippen MR) is 107 cm³/mol. The normalized spacial score (nSPS) is 15.8. The third-order valence-corrected chi connectivity index (χ3v) is 4.48. The fraction of sp³-hybridized carbons (Fsp3) is 0.611. The van der Waals surface area contributed by atoms with Gasteiger partial charge < -0.3 is 15.4 Å². The first-order chi connectivity index (χ1) is 11.1. The molecule has 7 heteroatoms. The lowest BCUT2D eigenvalue weighted by molar-refractivity contribution is -0.123. The number of carbonyl (C=O) groups excluding carboxylic acids is 1. The highest BCUT2D eigenvalue weighted by molar-refractivity contribution is 5.85. The maximum absolute atomic E-state index is 12.2. The van der Waals surface area contributed by atoms with Gasteiger partial charge in [-0.05, 0) is 38.5 Å². The monoisotopic (exact) mass is 391 g/mol. The number of hydrogen-bond donors (Lipinski definition) is 2. The number of hydrogen-bond acceptors (Lipinski definition) is 4. The second-order valence-electron chi connectivity index (χ2n) is 6.62. The Morgan fingerprint density at radius 2 is 1.88 bits per heavy atom. The quantitative estimate of drug-likeness (QED) is 0.712. The lowest BCUT2D eigenvalue weighted by atomic mass is 9.79. The topological polar surface area (TPSA) is 53.6 Å². The Balaban J connectivity index is 0.00000288. The Morgan fingerprint density at radius 3 is 2.48 bits per heavy atom. The zero-order valence-electron chi connectivity index (χ0n) is 15.1. The van der Waals surface area contributed by atoms with Gasteiger partial charge in [-0.3, -0.25) is 9.69 Å². The van der Waals surface area contributed by atoms with E-state index >= 15 is 0 Å². The molecular formula is C18H31Cl2N3O2. The second-order valence-corrected chi connectivity index (χ2v) is 6.62. The minimum atomic E-state index is 0. The van der Waals surface area contributed by atoms with Crippen molar-refractivity contribution < 1.29 is 9.53 Å². The van der Waals surface area contributed by atoms with E-state index in [-0.39, 0.29) is 36.1 Å². The van der Waals surface area contributed by atoms with Gasteiger partial charge >= 0.3 is 0 Å². The molecule has 2 N–H and O–H groups in total. The van der Waals surface area contributed by atoms with Gasteiger partial charge in [0.25, 0.3) is 0 Å². The van der Waals surface area contributed by atoms with Crippen molar-refractivity contribution in [2.45, 2.75) is 19.4 Å². The smallest absolute Gasteiger partial charge is 0.234 e. The van der Waals surface area contributed by atoms with Crippen LogP contribution in [0.1, 0.15) is 18.4 Å². The molecule has 0 saturated carbocycles. The summed E-state index contributed by atoms with van der Waals surface area (Å²) < 4.78 is 5.39. The van der Waals surface area contributed by atoms with Crippen molar-refractivity contribution >= 4 is 30.7 Å². The largest absolute Gasteiger partial charge is 0.384 e. The van der Waals surface area contributed by atoms with Crippen LogP contribution in [0.25, 0.3) is 0 Å². The Morgan fingerprint density at radius 1 is 1.24 bits per heavy atom. The van der Waals surface area contributed by atoms with Crippen molar-refractivity contribution in [3.8, 4) is 0 Å². The van der Waals surface area contributed by atoms with Gasteiger partial charge in [0.1, 0.15) is 0 Å². The maximum atomic E-state index is 12.2. The SMILES string of the molecule is COCC1(CNC(=O)CN(C)Cc2ccccc2)CCNCC1.Cl.Cl. The third-order valence-electron chi connectivity index (χ3n) is 4.48. The van der Waals surface area contributed by atoms with Crippen molar-refractivity contribution in [1.29, 1.82) is 0 Å². The van der Waals surface area contributed by atoms with E-state index in [0.717, 1.165) is 32.5 Å². The Kier molecular flexibility index (Phi) is 12.1. The van der Waals surface area contributed by atoms with Crippen LogP contribution in [0.3, 0.4) is 0 Å². The van der Waals surface area contributed by atoms with Crippen LogP contribution in [0.2, 0.25) is 0 Å². The fourth-order valence-electron chi connectivity index (χ4n) is 3.17. The molecule has 1 saturated heterocycles. The van der Waals surface area contributed by atoms with Crippen LogP contribution in [0.15, 0.2) is 30.3 Å². The van der Waals surface area contributed by atoms with E-state index in [1.807, 2.05) is 30.1 Å². The molecule has 1 aliphatic heterocycles. The van der Waals surface area contributed by atoms with Gasteiger partial charge in [0.2, 0.25) is 5.91 Å². The average molecular weight is 392 g/mol. The highest BCUT2D eigenvalue weighted by Gasteiger charge is 2.32. The van der Waals surface area contributed by atoms with E-state index in [1.54, 1.807) is 7.11 Å². The number of benzene rings is 1. The van der Waals surface area contributed by atoms with Crippen molar-refractivity contribution in [3.63, 3.8) is 0 Å². The number of likely N-dealkylation sites (N-methyl/N-ethyl adjacent to an activating group) is 1. The number of halogens is 2. The molecular weight excluding hydrogens is 361 g/mol. The molecule has 1 fully saturated rings. The van der Waals surface area contributed by atoms with Crippen LogP contribution in [0.4, 0.5) is 0 Å². The summed E-state index contributed by atoms with van der Waals surface area (Å²) >= 11 is 0. The highest BCUT2D eigenvalue weighted by Crippen LogP contribution is 2.28.